The van der Waals surface area contributed by atoms with Gasteiger partial charge >= 0.3 is 5.97 Å². The molecule has 2 aliphatic heterocycles. The molecule has 0 radical (unpaired) electrons. The molecule has 208 valence electrons. The van der Waals surface area contributed by atoms with Gasteiger partial charge in [-0.25, -0.2) is 13.6 Å². The first kappa shape index (κ1) is 27.4. The zero-order valence-electron chi connectivity index (χ0n) is 21.8. The lowest BCUT2D eigenvalue weighted by Crippen LogP contribution is -2.45. The van der Waals surface area contributed by atoms with Crippen molar-refractivity contribution in [3.8, 4) is 5.75 Å². The molecule has 1 spiro atoms. The largest absolute Gasteiger partial charge is 0.493 e. The molecule has 5 rings (SSSR count). The van der Waals surface area contributed by atoms with Crippen molar-refractivity contribution in [1.82, 2.24) is 9.80 Å². The second-order valence-electron chi connectivity index (χ2n) is 10.7. The van der Waals surface area contributed by atoms with Crippen LogP contribution in [0.25, 0.3) is 0 Å². The summed E-state index contributed by atoms with van der Waals surface area (Å²) in [4.78, 5) is 42.4. The molecule has 2 saturated heterocycles. The van der Waals surface area contributed by atoms with Crippen LogP contribution in [0.5, 0.6) is 5.75 Å². The average Bonchev–Trinajstić information content (AvgIpc) is 3.70. The Balaban J connectivity index is 1.29. The molecule has 0 aromatic heterocycles. The van der Waals surface area contributed by atoms with Crippen molar-refractivity contribution in [1.29, 1.82) is 0 Å². The fraction of sp³-hybridized carbons (Fsp3) is 0.483. The van der Waals surface area contributed by atoms with E-state index in [1.807, 2.05) is 0 Å². The van der Waals surface area contributed by atoms with Gasteiger partial charge in [0, 0.05) is 25.2 Å². The van der Waals surface area contributed by atoms with Crippen LogP contribution in [0.4, 0.5) is 8.78 Å². The minimum atomic E-state index is -1.08. The summed E-state index contributed by atoms with van der Waals surface area (Å²) >= 11 is 5.77. The number of carbonyl (C=O) groups is 3. The summed E-state index contributed by atoms with van der Waals surface area (Å²) in [6.45, 7) is 3.35. The Morgan fingerprint density at radius 2 is 1.72 bits per heavy atom. The first-order chi connectivity index (χ1) is 18.7. The Hall–Kier alpha value is -3.20. The molecule has 2 heterocycles. The average molecular weight is 561 g/mol. The predicted octanol–water partition coefficient (Wildman–Crippen LogP) is 5.11. The number of rotatable bonds is 7. The van der Waals surface area contributed by atoms with Gasteiger partial charge in [-0.3, -0.25) is 9.59 Å². The molecular weight excluding hydrogens is 530 g/mol. The lowest BCUT2D eigenvalue weighted by molar-refractivity contribution is -0.147. The van der Waals surface area contributed by atoms with Crippen LogP contribution in [0.1, 0.15) is 59.7 Å². The molecule has 1 unspecified atom stereocenters. The van der Waals surface area contributed by atoms with Crippen LogP contribution in [-0.2, 0) is 9.53 Å². The molecular formula is C29H31ClF2N2O5. The van der Waals surface area contributed by atoms with Gasteiger partial charge in [0.15, 0.2) is 5.82 Å². The fourth-order valence-corrected chi connectivity index (χ4v) is 5.66. The third-order valence-corrected chi connectivity index (χ3v) is 8.27. The number of esters is 1. The van der Waals surface area contributed by atoms with Gasteiger partial charge in [0.05, 0.1) is 18.2 Å². The molecule has 3 aliphatic rings. The molecule has 3 fully saturated rings. The van der Waals surface area contributed by atoms with E-state index in [4.69, 9.17) is 21.1 Å². The summed E-state index contributed by atoms with van der Waals surface area (Å²) in [6.07, 6.45) is 3.69. The summed E-state index contributed by atoms with van der Waals surface area (Å²) in [5.41, 5.74) is -0.655. The molecule has 1 atom stereocenters. The van der Waals surface area contributed by atoms with Gasteiger partial charge in [-0.1, -0.05) is 11.6 Å². The topological polar surface area (TPSA) is 76.2 Å². The maximum atomic E-state index is 14.5. The maximum Gasteiger partial charge on any atom is 0.328 e. The van der Waals surface area contributed by atoms with E-state index in [2.05, 4.69) is 0 Å². The standard InChI is InChI=1S/C29H31ClF2N2O5/c1-2-38-28(37)23-15-29(11-13-33(14-12-29)27(36)24-22(31)10-9-21(30)25(24)32)17-34(23)26(35)19-5-7-20(8-6-19)39-16-18-3-4-18/h5-10,18,23H,2-4,11-17H2,1H3. The van der Waals surface area contributed by atoms with Crippen molar-refractivity contribution >= 4 is 29.4 Å². The minimum Gasteiger partial charge on any atom is -0.493 e. The maximum absolute atomic E-state index is 14.5. The highest BCUT2D eigenvalue weighted by molar-refractivity contribution is 6.31. The van der Waals surface area contributed by atoms with E-state index in [-0.39, 0.29) is 30.6 Å². The lowest BCUT2D eigenvalue weighted by atomic mass is 9.76. The molecule has 39 heavy (non-hydrogen) atoms. The third kappa shape index (κ3) is 5.73. The Kier molecular flexibility index (Phi) is 7.80. The second kappa shape index (κ2) is 11.1. The number of likely N-dealkylation sites (tertiary alicyclic amines) is 2. The van der Waals surface area contributed by atoms with E-state index < -0.39 is 40.5 Å². The highest BCUT2D eigenvalue weighted by Gasteiger charge is 2.51. The Morgan fingerprint density at radius 3 is 2.36 bits per heavy atom. The Labute approximate surface area is 231 Å². The van der Waals surface area contributed by atoms with Crippen LogP contribution in [-0.4, -0.2) is 66.5 Å². The summed E-state index contributed by atoms with van der Waals surface area (Å²) in [6, 6.07) is 8.22. The van der Waals surface area contributed by atoms with Gasteiger partial charge in [0.2, 0.25) is 0 Å². The number of amides is 2. The van der Waals surface area contributed by atoms with E-state index >= 15 is 0 Å². The molecule has 2 aromatic rings. The number of nitrogens with zero attached hydrogens (tertiary/aromatic N) is 2. The van der Waals surface area contributed by atoms with Crippen molar-refractivity contribution in [3.63, 3.8) is 0 Å². The van der Waals surface area contributed by atoms with E-state index in [1.54, 1.807) is 36.1 Å². The number of hydrogen-bond acceptors (Lipinski definition) is 5. The van der Waals surface area contributed by atoms with Gasteiger partial charge in [-0.15, -0.1) is 0 Å². The number of carbonyl (C=O) groups excluding carboxylic acids is 3. The molecule has 0 bridgehead atoms. The Bertz CT molecular complexity index is 1260. The lowest BCUT2D eigenvalue weighted by Gasteiger charge is -2.39. The van der Waals surface area contributed by atoms with E-state index in [0.717, 1.165) is 12.1 Å². The van der Waals surface area contributed by atoms with Crippen LogP contribution >= 0.6 is 11.6 Å². The van der Waals surface area contributed by atoms with E-state index in [0.29, 0.717) is 49.6 Å². The number of ether oxygens (including phenoxy) is 2. The molecule has 7 nitrogen and oxygen atoms in total. The van der Waals surface area contributed by atoms with Crippen LogP contribution < -0.4 is 4.74 Å². The molecule has 1 saturated carbocycles. The monoisotopic (exact) mass is 560 g/mol. The number of halogens is 3. The zero-order chi connectivity index (χ0) is 27.7. The first-order valence-electron chi connectivity index (χ1n) is 13.3. The summed E-state index contributed by atoms with van der Waals surface area (Å²) in [5, 5.41) is -0.321. The zero-order valence-corrected chi connectivity index (χ0v) is 22.5. The van der Waals surface area contributed by atoms with Crippen LogP contribution in [0, 0.1) is 23.0 Å². The van der Waals surface area contributed by atoms with E-state index in [9.17, 15) is 23.2 Å². The SMILES string of the molecule is CCOC(=O)C1CC2(CCN(C(=O)c3c(F)ccc(Cl)c3F)CC2)CN1C(=O)c1ccc(OCC2CC2)cc1. The van der Waals surface area contributed by atoms with Gasteiger partial charge in [0.25, 0.3) is 11.8 Å². The number of hydrogen-bond donors (Lipinski definition) is 0. The molecule has 10 heteroatoms. The van der Waals surface area contributed by atoms with Crippen LogP contribution in [0.2, 0.25) is 5.02 Å². The highest BCUT2D eigenvalue weighted by atomic mass is 35.5. The summed E-state index contributed by atoms with van der Waals surface area (Å²) in [5.74, 6) is -2.24. The third-order valence-electron chi connectivity index (χ3n) is 7.98. The van der Waals surface area contributed by atoms with Crippen molar-refractivity contribution < 1.29 is 32.6 Å². The molecule has 2 aromatic carbocycles. The van der Waals surface area contributed by atoms with Gasteiger partial charge in [-0.05, 0) is 86.8 Å². The summed E-state index contributed by atoms with van der Waals surface area (Å²) < 4.78 is 39.8. The fourth-order valence-electron chi connectivity index (χ4n) is 5.50. The van der Waals surface area contributed by atoms with Gasteiger partial charge < -0.3 is 19.3 Å². The van der Waals surface area contributed by atoms with Crippen LogP contribution in [0.3, 0.4) is 0 Å². The van der Waals surface area contributed by atoms with Crippen molar-refractivity contribution in [2.75, 3.05) is 32.8 Å². The minimum absolute atomic E-state index is 0.191. The van der Waals surface area contributed by atoms with E-state index in [1.165, 1.54) is 17.7 Å². The normalized spacial score (nSPS) is 20.3. The quantitative estimate of drug-likeness (QED) is 0.348. The summed E-state index contributed by atoms with van der Waals surface area (Å²) in [7, 11) is 0. The highest BCUT2D eigenvalue weighted by Crippen LogP contribution is 2.44. The van der Waals surface area contributed by atoms with Crippen molar-refractivity contribution in [2.24, 2.45) is 11.3 Å². The number of benzene rings is 2. The van der Waals surface area contributed by atoms with Gasteiger partial charge in [-0.2, -0.15) is 0 Å². The van der Waals surface area contributed by atoms with Crippen LogP contribution in [0.15, 0.2) is 36.4 Å². The Morgan fingerprint density at radius 1 is 1.03 bits per heavy atom. The van der Waals surface area contributed by atoms with Crippen molar-refractivity contribution in [3.05, 3.63) is 64.2 Å². The predicted molar refractivity (Wildman–Crippen MR) is 140 cm³/mol. The van der Waals surface area contributed by atoms with Crippen molar-refractivity contribution in [2.45, 2.75) is 45.1 Å². The van der Waals surface area contributed by atoms with Gasteiger partial charge in [0.1, 0.15) is 23.2 Å². The molecule has 0 N–H and O–H groups in total. The first-order valence-corrected chi connectivity index (χ1v) is 13.7. The molecule has 2 amide bonds. The molecule has 1 aliphatic carbocycles. The second-order valence-corrected chi connectivity index (χ2v) is 11.1. The number of piperidine rings is 1. The smallest absolute Gasteiger partial charge is 0.328 e.